The van der Waals surface area contributed by atoms with Gasteiger partial charge in [0.05, 0.1) is 5.56 Å². The Labute approximate surface area is 110 Å². The zero-order valence-corrected chi connectivity index (χ0v) is 10.5. The maximum absolute atomic E-state index is 12.4. The van der Waals surface area contributed by atoms with E-state index in [-0.39, 0.29) is 5.78 Å². The second kappa shape index (κ2) is 5.74. The van der Waals surface area contributed by atoms with Crippen LogP contribution >= 0.6 is 0 Å². The average Bonchev–Trinajstić information content (AvgIpc) is 2.39. The van der Waals surface area contributed by atoms with Gasteiger partial charge in [0.15, 0.2) is 5.78 Å². The van der Waals surface area contributed by atoms with E-state index in [2.05, 4.69) is 5.32 Å². The van der Waals surface area contributed by atoms with Gasteiger partial charge in [-0.05, 0) is 44.0 Å². The van der Waals surface area contributed by atoms with Gasteiger partial charge in [-0.15, -0.1) is 0 Å². The summed E-state index contributed by atoms with van der Waals surface area (Å²) in [6.07, 6.45) is -1.91. The lowest BCUT2D eigenvalue weighted by Crippen LogP contribution is -2.31. The van der Waals surface area contributed by atoms with Crippen molar-refractivity contribution in [3.05, 3.63) is 35.4 Å². The molecule has 1 aliphatic heterocycles. The Kier molecular flexibility index (Phi) is 4.24. The molecule has 1 saturated heterocycles. The molecule has 1 N–H and O–H groups in total. The van der Waals surface area contributed by atoms with Crippen molar-refractivity contribution in [1.29, 1.82) is 0 Å². The number of rotatable bonds is 3. The van der Waals surface area contributed by atoms with Gasteiger partial charge >= 0.3 is 6.18 Å². The fourth-order valence-electron chi connectivity index (χ4n) is 2.32. The third-order valence-corrected chi connectivity index (χ3v) is 3.41. The summed E-state index contributed by atoms with van der Waals surface area (Å²) in [7, 11) is 0. The van der Waals surface area contributed by atoms with Gasteiger partial charge in [-0.25, -0.2) is 0 Å². The zero-order chi connectivity index (χ0) is 13.9. The highest BCUT2D eigenvalue weighted by molar-refractivity contribution is 5.96. The summed E-state index contributed by atoms with van der Waals surface area (Å²) in [5.41, 5.74) is -0.359. The highest BCUT2D eigenvalue weighted by Gasteiger charge is 2.30. The normalized spacial score (nSPS) is 20.3. The number of piperidine rings is 1. The lowest BCUT2D eigenvalue weighted by Gasteiger charge is -2.21. The van der Waals surface area contributed by atoms with Gasteiger partial charge in [-0.3, -0.25) is 4.79 Å². The summed E-state index contributed by atoms with van der Waals surface area (Å²) in [6.45, 7) is 1.79. The third kappa shape index (κ3) is 3.80. The SMILES string of the molecule is O=C(CC1CCCNC1)c1ccc(C(F)(F)F)cc1. The summed E-state index contributed by atoms with van der Waals surface area (Å²) in [4.78, 5) is 12.0. The number of nitrogens with one attached hydrogen (secondary N) is 1. The number of hydrogen-bond acceptors (Lipinski definition) is 2. The molecule has 1 fully saturated rings. The molecule has 0 amide bonds. The second-order valence-corrected chi connectivity index (χ2v) is 4.91. The monoisotopic (exact) mass is 271 g/mol. The Balaban J connectivity index is 1.99. The van der Waals surface area contributed by atoms with Crippen LogP contribution in [0.2, 0.25) is 0 Å². The van der Waals surface area contributed by atoms with Gasteiger partial charge < -0.3 is 5.32 Å². The highest BCUT2D eigenvalue weighted by Crippen LogP contribution is 2.29. The number of ketones is 1. The molecule has 1 atom stereocenters. The molecule has 0 aliphatic carbocycles. The van der Waals surface area contributed by atoms with Crippen LogP contribution in [0, 0.1) is 5.92 Å². The fraction of sp³-hybridized carbons (Fsp3) is 0.500. The molecule has 2 nitrogen and oxygen atoms in total. The lowest BCUT2D eigenvalue weighted by molar-refractivity contribution is -0.137. The Hall–Kier alpha value is -1.36. The molecule has 19 heavy (non-hydrogen) atoms. The van der Waals surface area contributed by atoms with Gasteiger partial charge in [0, 0.05) is 12.0 Å². The van der Waals surface area contributed by atoms with Crippen LogP contribution in [0.4, 0.5) is 13.2 Å². The summed E-state index contributed by atoms with van der Waals surface area (Å²) in [6, 6.07) is 4.46. The van der Waals surface area contributed by atoms with Crippen molar-refractivity contribution in [2.75, 3.05) is 13.1 Å². The van der Waals surface area contributed by atoms with Crippen molar-refractivity contribution in [2.45, 2.75) is 25.4 Å². The molecular formula is C14H16F3NO. The van der Waals surface area contributed by atoms with E-state index in [0.717, 1.165) is 38.1 Å². The first kappa shape index (κ1) is 14.1. The first-order chi connectivity index (χ1) is 8.97. The topological polar surface area (TPSA) is 29.1 Å². The van der Waals surface area contributed by atoms with Crippen LogP contribution in [-0.4, -0.2) is 18.9 Å². The molecule has 1 heterocycles. The Morgan fingerprint density at radius 1 is 1.26 bits per heavy atom. The quantitative estimate of drug-likeness (QED) is 0.855. The number of halogens is 3. The minimum Gasteiger partial charge on any atom is -0.316 e. The molecule has 2 rings (SSSR count). The summed E-state index contributed by atoms with van der Waals surface area (Å²) in [5, 5.41) is 3.22. The van der Waals surface area contributed by atoms with E-state index >= 15 is 0 Å². The number of alkyl halides is 3. The molecule has 0 aromatic heterocycles. The fourth-order valence-corrected chi connectivity index (χ4v) is 2.32. The van der Waals surface area contributed by atoms with Gasteiger partial charge in [-0.1, -0.05) is 12.1 Å². The van der Waals surface area contributed by atoms with Crippen molar-refractivity contribution in [3.63, 3.8) is 0 Å². The predicted molar refractivity (Wildman–Crippen MR) is 66.0 cm³/mol. The Bertz CT molecular complexity index is 433. The van der Waals surface area contributed by atoms with Crippen molar-refractivity contribution in [2.24, 2.45) is 5.92 Å². The Morgan fingerprint density at radius 2 is 1.95 bits per heavy atom. The maximum atomic E-state index is 12.4. The number of carbonyl (C=O) groups excluding carboxylic acids is 1. The van der Waals surface area contributed by atoms with Gasteiger partial charge in [0.2, 0.25) is 0 Å². The second-order valence-electron chi connectivity index (χ2n) is 4.91. The molecule has 0 radical (unpaired) electrons. The highest BCUT2D eigenvalue weighted by atomic mass is 19.4. The van der Waals surface area contributed by atoms with E-state index in [1.54, 1.807) is 0 Å². The average molecular weight is 271 g/mol. The molecule has 0 saturated carbocycles. The first-order valence-corrected chi connectivity index (χ1v) is 6.38. The summed E-state index contributed by atoms with van der Waals surface area (Å²) in [5.74, 6) is 0.214. The minimum absolute atomic E-state index is 0.0811. The van der Waals surface area contributed by atoms with Crippen LogP contribution in [0.15, 0.2) is 24.3 Å². The van der Waals surface area contributed by atoms with Gasteiger partial charge in [-0.2, -0.15) is 13.2 Å². The van der Waals surface area contributed by atoms with Crippen molar-refractivity contribution in [3.8, 4) is 0 Å². The maximum Gasteiger partial charge on any atom is 0.416 e. The molecule has 1 aromatic carbocycles. The van der Waals surface area contributed by atoms with Crippen LogP contribution in [-0.2, 0) is 6.18 Å². The van der Waals surface area contributed by atoms with Crippen LogP contribution in [0.3, 0.4) is 0 Å². The van der Waals surface area contributed by atoms with Crippen LogP contribution in [0.1, 0.15) is 35.2 Å². The molecule has 1 aromatic rings. The third-order valence-electron chi connectivity index (χ3n) is 3.41. The molecule has 0 spiro atoms. The molecule has 0 bridgehead atoms. The van der Waals surface area contributed by atoms with Gasteiger partial charge in [0.25, 0.3) is 0 Å². The van der Waals surface area contributed by atoms with Crippen LogP contribution < -0.4 is 5.32 Å². The number of Topliss-reactive ketones (excluding diaryl/α,β-unsaturated/α-hetero) is 1. The van der Waals surface area contributed by atoms with Crippen molar-refractivity contribution >= 4 is 5.78 Å². The summed E-state index contributed by atoms with van der Waals surface area (Å²) < 4.78 is 37.2. The molecule has 1 unspecified atom stereocenters. The van der Waals surface area contributed by atoms with E-state index in [1.165, 1.54) is 12.1 Å². The van der Waals surface area contributed by atoms with E-state index < -0.39 is 11.7 Å². The standard InChI is InChI=1S/C14H16F3NO/c15-14(16,17)12-5-3-11(4-6-12)13(19)8-10-2-1-7-18-9-10/h3-6,10,18H,1-2,7-9H2. The molecule has 104 valence electrons. The zero-order valence-electron chi connectivity index (χ0n) is 10.5. The van der Waals surface area contributed by atoms with E-state index in [4.69, 9.17) is 0 Å². The Morgan fingerprint density at radius 3 is 2.47 bits per heavy atom. The van der Waals surface area contributed by atoms with Gasteiger partial charge in [0.1, 0.15) is 0 Å². The first-order valence-electron chi connectivity index (χ1n) is 6.38. The lowest BCUT2D eigenvalue weighted by atomic mass is 9.92. The largest absolute Gasteiger partial charge is 0.416 e. The molecular weight excluding hydrogens is 255 g/mol. The predicted octanol–water partition coefficient (Wildman–Crippen LogP) is 3.28. The van der Waals surface area contributed by atoms with E-state index in [9.17, 15) is 18.0 Å². The number of hydrogen-bond donors (Lipinski definition) is 1. The smallest absolute Gasteiger partial charge is 0.316 e. The van der Waals surface area contributed by atoms with Crippen LogP contribution in [0.25, 0.3) is 0 Å². The molecule has 1 aliphatic rings. The van der Waals surface area contributed by atoms with Crippen LogP contribution in [0.5, 0.6) is 0 Å². The number of carbonyl (C=O) groups is 1. The van der Waals surface area contributed by atoms with Crippen molar-refractivity contribution < 1.29 is 18.0 Å². The van der Waals surface area contributed by atoms with E-state index in [1.807, 2.05) is 0 Å². The number of benzene rings is 1. The van der Waals surface area contributed by atoms with E-state index in [0.29, 0.717) is 17.9 Å². The summed E-state index contributed by atoms with van der Waals surface area (Å²) >= 11 is 0. The van der Waals surface area contributed by atoms with Crippen molar-refractivity contribution in [1.82, 2.24) is 5.32 Å². The molecule has 5 heteroatoms. The minimum atomic E-state index is -4.35.